The number of nitrogens with zero attached hydrogens (tertiary/aromatic N) is 3. The number of amides is 2. The number of aromatic nitrogens is 3. The van der Waals surface area contributed by atoms with Crippen LogP contribution in [-0.2, 0) is 17.8 Å². The first-order valence-electron chi connectivity index (χ1n) is 10.5. The number of halogens is 2. The van der Waals surface area contributed by atoms with Crippen LogP contribution in [0.5, 0.6) is 0 Å². The van der Waals surface area contributed by atoms with Gasteiger partial charge in [0.25, 0.3) is 5.91 Å². The van der Waals surface area contributed by atoms with Gasteiger partial charge in [-0.1, -0.05) is 65.3 Å². The number of hydrogen-bond acceptors (Lipinski definition) is 5. The summed E-state index contributed by atoms with van der Waals surface area (Å²) in [5.41, 5.74) is 1.58. The molecule has 0 aliphatic carbocycles. The molecule has 0 aliphatic heterocycles. The predicted octanol–water partition coefficient (Wildman–Crippen LogP) is 4.55. The second kappa shape index (κ2) is 12.1. The van der Waals surface area contributed by atoms with Gasteiger partial charge in [0, 0.05) is 18.7 Å². The van der Waals surface area contributed by atoms with Gasteiger partial charge in [0.2, 0.25) is 5.91 Å². The number of carbonyl (C=O) groups is 2. The third kappa shape index (κ3) is 6.96. The smallest absolute Gasteiger partial charge is 0.251 e. The van der Waals surface area contributed by atoms with Gasteiger partial charge in [-0.05, 0) is 44.0 Å². The zero-order valence-corrected chi connectivity index (χ0v) is 20.7. The third-order valence-electron chi connectivity index (χ3n) is 4.89. The highest BCUT2D eigenvalue weighted by Gasteiger charge is 2.20. The highest BCUT2D eigenvalue weighted by atomic mass is 35.5. The van der Waals surface area contributed by atoms with Crippen LogP contribution in [-0.4, -0.2) is 38.9 Å². The van der Waals surface area contributed by atoms with Gasteiger partial charge in [0.1, 0.15) is 0 Å². The molecule has 174 valence electrons. The molecule has 7 nitrogen and oxygen atoms in total. The minimum Gasteiger partial charge on any atom is -0.355 e. The van der Waals surface area contributed by atoms with Crippen LogP contribution in [0.15, 0.2) is 53.7 Å². The summed E-state index contributed by atoms with van der Waals surface area (Å²) in [6.45, 7) is 4.97. The van der Waals surface area contributed by atoms with E-state index in [2.05, 4.69) is 20.8 Å². The molecule has 2 amide bonds. The Morgan fingerprint density at radius 2 is 1.85 bits per heavy atom. The first-order chi connectivity index (χ1) is 15.9. The first-order valence-corrected chi connectivity index (χ1v) is 12.3. The number of benzene rings is 2. The topological polar surface area (TPSA) is 88.9 Å². The Morgan fingerprint density at radius 3 is 2.55 bits per heavy atom. The number of nitrogens with one attached hydrogen (secondary N) is 2. The van der Waals surface area contributed by atoms with Crippen LogP contribution in [0.25, 0.3) is 0 Å². The fourth-order valence-electron chi connectivity index (χ4n) is 3.18. The molecular weight excluding hydrogens is 481 g/mol. The summed E-state index contributed by atoms with van der Waals surface area (Å²) < 4.78 is 1.89. The summed E-state index contributed by atoms with van der Waals surface area (Å²) in [5, 5.41) is 15.6. The van der Waals surface area contributed by atoms with Gasteiger partial charge >= 0.3 is 0 Å². The highest BCUT2D eigenvalue weighted by molar-refractivity contribution is 7.99. The van der Waals surface area contributed by atoms with Gasteiger partial charge in [-0.3, -0.25) is 9.59 Å². The van der Waals surface area contributed by atoms with Crippen LogP contribution in [0.2, 0.25) is 10.0 Å². The van der Waals surface area contributed by atoms with E-state index in [4.69, 9.17) is 23.2 Å². The number of thioether (sulfide) groups is 1. The molecule has 0 bridgehead atoms. The van der Waals surface area contributed by atoms with Crippen LogP contribution in [0.4, 0.5) is 0 Å². The molecule has 0 aliphatic rings. The highest BCUT2D eigenvalue weighted by Crippen LogP contribution is 2.24. The second-order valence-corrected chi connectivity index (χ2v) is 9.04. The lowest BCUT2D eigenvalue weighted by atomic mass is 10.1. The standard InChI is InChI=1S/C23H25Cl2N5O2S/c1-3-30-21(15(2)27-22(32)17-9-10-18(24)19(25)13-17)28-29-23(30)33-14-20(31)26-12-11-16-7-5-4-6-8-16/h4-10,13,15H,3,11-12,14H2,1-2H3,(H,26,31)(H,27,32)/t15-/m1/s1. The zero-order chi connectivity index (χ0) is 23.8. The molecule has 1 heterocycles. The summed E-state index contributed by atoms with van der Waals surface area (Å²) in [5.74, 6) is 0.484. The average molecular weight is 506 g/mol. The van der Waals surface area contributed by atoms with E-state index in [0.717, 1.165) is 6.42 Å². The summed E-state index contributed by atoms with van der Waals surface area (Å²) >= 11 is 13.2. The van der Waals surface area contributed by atoms with E-state index in [0.29, 0.717) is 39.7 Å². The monoisotopic (exact) mass is 505 g/mol. The fraction of sp³-hybridized carbons (Fsp3) is 0.304. The Balaban J connectivity index is 1.54. The van der Waals surface area contributed by atoms with Gasteiger partial charge in [0.05, 0.1) is 21.8 Å². The van der Waals surface area contributed by atoms with Gasteiger partial charge in [-0.15, -0.1) is 10.2 Å². The minimum atomic E-state index is -0.395. The number of rotatable bonds is 10. The van der Waals surface area contributed by atoms with Gasteiger partial charge < -0.3 is 15.2 Å². The van der Waals surface area contributed by atoms with Crippen molar-refractivity contribution in [1.29, 1.82) is 0 Å². The average Bonchev–Trinajstić information content (AvgIpc) is 3.23. The molecule has 0 unspecified atom stereocenters. The molecule has 0 radical (unpaired) electrons. The second-order valence-electron chi connectivity index (χ2n) is 7.28. The van der Waals surface area contributed by atoms with Crippen LogP contribution >= 0.6 is 35.0 Å². The van der Waals surface area contributed by atoms with Crippen molar-refractivity contribution >= 4 is 46.8 Å². The largest absolute Gasteiger partial charge is 0.355 e. The lowest BCUT2D eigenvalue weighted by Crippen LogP contribution is -2.29. The van der Waals surface area contributed by atoms with E-state index < -0.39 is 6.04 Å². The zero-order valence-electron chi connectivity index (χ0n) is 18.3. The van der Waals surface area contributed by atoms with Crippen LogP contribution in [0, 0.1) is 0 Å². The quantitative estimate of drug-likeness (QED) is 0.394. The molecule has 3 rings (SSSR count). The molecule has 2 N–H and O–H groups in total. The van der Waals surface area contributed by atoms with E-state index in [1.165, 1.54) is 23.4 Å². The molecular formula is C23H25Cl2N5O2S. The maximum Gasteiger partial charge on any atom is 0.251 e. The molecule has 3 aromatic rings. The van der Waals surface area contributed by atoms with Crippen LogP contribution in [0.3, 0.4) is 0 Å². The number of hydrogen-bond donors (Lipinski definition) is 2. The van der Waals surface area contributed by atoms with Crippen molar-refractivity contribution in [3.8, 4) is 0 Å². The van der Waals surface area contributed by atoms with E-state index in [1.807, 2.05) is 48.7 Å². The normalized spacial score (nSPS) is 11.8. The molecule has 10 heteroatoms. The summed E-state index contributed by atoms with van der Waals surface area (Å²) in [6, 6.07) is 14.3. The molecule has 0 saturated heterocycles. The van der Waals surface area contributed by atoms with Crippen LogP contribution in [0.1, 0.15) is 41.6 Å². The Bertz CT molecular complexity index is 1110. The van der Waals surface area contributed by atoms with Crippen molar-refractivity contribution in [1.82, 2.24) is 25.4 Å². The van der Waals surface area contributed by atoms with Crippen molar-refractivity contribution in [3.63, 3.8) is 0 Å². The Hall–Kier alpha value is -2.55. The van der Waals surface area contributed by atoms with E-state index in [9.17, 15) is 9.59 Å². The molecule has 0 saturated carbocycles. The van der Waals surface area contributed by atoms with Crippen molar-refractivity contribution in [3.05, 3.63) is 75.5 Å². The van der Waals surface area contributed by atoms with Crippen molar-refractivity contribution in [2.24, 2.45) is 0 Å². The summed E-state index contributed by atoms with van der Waals surface area (Å²) in [7, 11) is 0. The third-order valence-corrected chi connectivity index (χ3v) is 6.60. The van der Waals surface area contributed by atoms with Gasteiger partial charge in [0.15, 0.2) is 11.0 Å². The SMILES string of the molecule is CCn1c(SCC(=O)NCCc2ccccc2)nnc1[C@@H](C)NC(=O)c1ccc(Cl)c(Cl)c1. The van der Waals surface area contributed by atoms with Crippen molar-refractivity contribution in [2.45, 2.75) is 38.0 Å². The van der Waals surface area contributed by atoms with E-state index in [1.54, 1.807) is 12.1 Å². The van der Waals surface area contributed by atoms with Gasteiger partial charge in [-0.25, -0.2) is 0 Å². The number of carbonyl (C=O) groups excluding carboxylic acids is 2. The molecule has 0 spiro atoms. The van der Waals surface area contributed by atoms with Gasteiger partial charge in [-0.2, -0.15) is 0 Å². The van der Waals surface area contributed by atoms with Crippen molar-refractivity contribution < 1.29 is 9.59 Å². The van der Waals surface area contributed by atoms with E-state index >= 15 is 0 Å². The maximum absolute atomic E-state index is 12.6. The molecule has 1 atom stereocenters. The van der Waals surface area contributed by atoms with Crippen LogP contribution < -0.4 is 10.6 Å². The Kier molecular flexibility index (Phi) is 9.17. The first kappa shape index (κ1) is 25.1. The molecule has 0 fully saturated rings. The lowest BCUT2D eigenvalue weighted by molar-refractivity contribution is -0.118. The Morgan fingerprint density at radius 1 is 1.09 bits per heavy atom. The molecule has 2 aromatic carbocycles. The fourth-order valence-corrected chi connectivity index (χ4v) is 4.32. The summed E-state index contributed by atoms with van der Waals surface area (Å²) in [6.07, 6.45) is 0.780. The summed E-state index contributed by atoms with van der Waals surface area (Å²) in [4.78, 5) is 24.8. The van der Waals surface area contributed by atoms with Crippen molar-refractivity contribution in [2.75, 3.05) is 12.3 Å². The molecule has 33 heavy (non-hydrogen) atoms. The lowest BCUT2D eigenvalue weighted by Gasteiger charge is -2.15. The minimum absolute atomic E-state index is 0.0656. The predicted molar refractivity (Wildman–Crippen MR) is 132 cm³/mol. The Labute approximate surface area is 207 Å². The molecule has 1 aromatic heterocycles. The maximum atomic E-state index is 12.6. The van der Waals surface area contributed by atoms with E-state index in [-0.39, 0.29) is 17.6 Å².